The summed E-state index contributed by atoms with van der Waals surface area (Å²) >= 11 is 0. The molecule has 6 nitrogen and oxygen atoms in total. The van der Waals surface area contributed by atoms with Crippen LogP contribution in [0.5, 0.6) is 0 Å². The number of unbranched alkanes of at least 4 members (excludes halogenated alkanes) is 39. The van der Waals surface area contributed by atoms with Gasteiger partial charge in [0.15, 0.2) is 6.10 Å². The van der Waals surface area contributed by atoms with Gasteiger partial charge in [-0.15, -0.1) is 0 Å². The third kappa shape index (κ3) is 52.9. The summed E-state index contributed by atoms with van der Waals surface area (Å²) in [5, 5.41) is 0. The quantitative estimate of drug-likeness (QED) is 0.0262. The molecule has 66 heavy (non-hydrogen) atoms. The average molecular weight is 930 g/mol. The van der Waals surface area contributed by atoms with Gasteiger partial charge in [-0.05, 0) is 51.4 Å². The number of ether oxygens (including phenoxy) is 3. The maximum atomic E-state index is 12.8. The highest BCUT2D eigenvalue weighted by Crippen LogP contribution is 2.17. The van der Waals surface area contributed by atoms with Crippen molar-refractivity contribution in [2.75, 3.05) is 13.2 Å². The van der Waals surface area contributed by atoms with Crippen LogP contribution < -0.4 is 0 Å². The second-order valence-corrected chi connectivity index (χ2v) is 19.9. The van der Waals surface area contributed by atoms with Crippen LogP contribution in [-0.4, -0.2) is 37.2 Å². The zero-order valence-corrected chi connectivity index (χ0v) is 44.5. The molecule has 0 spiro atoms. The van der Waals surface area contributed by atoms with E-state index in [9.17, 15) is 14.4 Å². The van der Waals surface area contributed by atoms with Crippen molar-refractivity contribution in [1.29, 1.82) is 0 Å². The van der Waals surface area contributed by atoms with Gasteiger partial charge in [-0.25, -0.2) is 0 Å². The molecule has 6 heteroatoms. The van der Waals surface area contributed by atoms with Crippen LogP contribution in [0.1, 0.15) is 323 Å². The van der Waals surface area contributed by atoms with Gasteiger partial charge in [0.05, 0.1) is 0 Å². The first-order valence-electron chi connectivity index (χ1n) is 29.3. The lowest BCUT2D eigenvalue weighted by molar-refractivity contribution is -0.167. The minimum absolute atomic E-state index is 0.0668. The van der Waals surface area contributed by atoms with Crippen molar-refractivity contribution in [2.24, 2.45) is 0 Å². The molecular formula is C60H112O6. The van der Waals surface area contributed by atoms with E-state index in [4.69, 9.17) is 14.2 Å². The highest BCUT2D eigenvalue weighted by atomic mass is 16.6. The molecule has 0 rings (SSSR count). The number of carbonyl (C=O) groups excluding carboxylic acids is 3. The predicted octanol–water partition coefficient (Wildman–Crippen LogP) is 19.5. The number of esters is 3. The molecule has 0 N–H and O–H groups in total. The summed E-state index contributed by atoms with van der Waals surface area (Å²) in [5.74, 6) is -0.853. The van der Waals surface area contributed by atoms with Crippen molar-refractivity contribution in [1.82, 2.24) is 0 Å². The number of hydrogen-bond donors (Lipinski definition) is 0. The van der Waals surface area contributed by atoms with Crippen LogP contribution in [0.25, 0.3) is 0 Å². The molecule has 0 aliphatic carbocycles. The summed E-state index contributed by atoms with van der Waals surface area (Å²) in [7, 11) is 0. The van der Waals surface area contributed by atoms with Crippen LogP contribution in [0.2, 0.25) is 0 Å². The Balaban J connectivity index is 4.16. The lowest BCUT2D eigenvalue weighted by Crippen LogP contribution is -2.30. The van der Waals surface area contributed by atoms with Crippen LogP contribution >= 0.6 is 0 Å². The van der Waals surface area contributed by atoms with Gasteiger partial charge in [-0.3, -0.25) is 14.4 Å². The monoisotopic (exact) mass is 929 g/mol. The second-order valence-electron chi connectivity index (χ2n) is 19.9. The van der Waals surface area contributed by atoms with Gasteiger partial charge in [0.2, 0.25) is 0 Å². The molecule has 0 radical (unpaired) electrons. The van der Waals surface area contributed by atoms with Crippen LogP contribution in [0.3, 0.4) is 0 Å². The van der Waals surface area contributed by atoms with Gasteiger partial charge in [-0.1, -0.05) is 276 Å². The lowest BCUT2D eigenvalue weighted by atomic mass is 10.0. The molecule has 388 valence electrons. The van der Waals surface area contributed by atoms with Crippen LogP contribution in [0.4, 0.5) is 0 Å². The molecule has 0 bridgehead atoms. The van der Waals surface area contributed by atoms with Crippen molar-refractivity contribution in [2.45, 2.75) is 329 Å². The van der Waals surface area contributed by atoms with Gasteiger partial charge in [0.1, 0.15) is 13.2 Å². The van der Waals surface area contributed by atoms with E-state index in [2.05, 4.69) is 45.1 Å². The standard InChI is InChI=1S/C60H112O6/c1-4-7-10-13-16-19-21-23-25-27-28-29-30-31-32-34-35-37-39-41-44-47-50-53-59(62)65-56-57(55-64-58(61)52-49-46-43-18-15-12-9-6-3)66-60(63)54-51-48-45-42-40-38-36-33-26-24-22-20-17-14-11-8-5-2/h21,23,27-28,57H,4-20,22,24-26,29-56H2,1-3H3/b23-21-,28-27-. The van der Waals surface area contributed by atoms with E-state index in [-0.39, 0.29) is 31.1 Å². The molecule has 0 aliphatic heterocycles. The fourth-order valence-electron chi connectivity index (χ4n) is 8.77. The number of hydrogen-bond acceptors (Lipinski definition) is 6. The fraction of sp³-hybridized carbons (Fsp3) is 0.883. The van der Waals surface area contributed by atoms with Gasteiger partial charge in [0.25, 0.3) is 0 Å². The van der Waals surface area contributed by atoms with E-state index in [1.165, 1.54) is 218 Å². The average Bonchev–Trinajstić information content (AvgIpc) is 3.31. The molecule has 1 atom stereocenters. The highest BCUT2D eigenvalue weighted by molar-refractivity contribution is 5.71. The Morgan fingerprint density at radius 3 is 0.833 bits per heavy atom. The van der Waals surface area contributed by atoms with Gasteiger partial charge < -0.3 is 14.2 Å². The summed E-state index contributed by atoms with van der Waals surface area (Å²) in [4.78, 5) is 38.0. The van der Waals surface area contributed by atoms with Crippen LogP contribution in [-0.2, 0) is 28.6 Å². The second kappa shape index (κ2) is 55.5. The van der Waals surface area contributed by atoms with Gasteiger partial charge in [0, 0.05) is 19.3 Å². The normalized spacial score (nSPS) is 12.1. The first-order chi connectivity index (χ1) is 32.5. The summed E-state index contributed by atoms with van der Waals surface area (Å²) in [6.07, 6.45) is 64.7. The Morgan fingerprint density at radius 1 is 0.303 bits per heavy atom. The number of carbonyl (C=O) groups is 3. The smallest absolute Gasteiger partial charge is 0.306 e. The summed E-state index contributed by atoms with van der Waals surface area (Å²) < 4.78 is 16.8. The largest absolute Gasteiger partial charge is 0.462 e. The topological polar surface area (TPSA) is 78.9 Å². The Morgan fingerprint density at radius 2 is 0.545 bits per heavy atom. The van der Waals surface area contributed by atoms with Crippen molar-refractivity contribution in [3.63, 3.8) is 0 Å². The van der Waals surface area contributed by atoms with E-state index in [1.54, 1.807) is 0 Å². The van der Waals surface area contributed by atoms with Gasteiger partial charge in [-0.2, -0.15) is 0 Å². The molecule has 0 aromatic carbocycles. The Kier molecular flexibility index (Phi) is 53.7. The molecular weight excluding hydrogens is 817 g/mol. The summed E-state index contributed by atoms with van der Waals surface area (Å²) in [5.41, 5.74) is 0. The first kappa shape index (κ1) is 63.9. The van der Waals surface area contributed by atoms with Gasteiger partial charge >= 0.3 is 17.9 Å². The fourth-order valence-corrected chi connectivity index (χ4v) is 8.77. The molecule has 0 saturated carbocycles. The lowest BCUT2D eigenvalue weighted by Gasteiger charge is -2.18. The van der Waals surface area contributed by atoms with Crippen molar-refractivity contribution in [3.8, 4) is 0 Å². The van der Waals surface area contributed by atoms with Crippen molar-refractivity contribution >= 4 is 17.9 Å². The predicted molar refractivity (Wildman–Crippen MR) is 284 cm³/mol. The molecule has 0 aromatic rings. The van der Waals surface area contributed by atoms with E-state index in [0.29, 0.717) is 19.3 Å². The summed E-state index contributed by atoms with van der Waals surface area (Å²) in [6, 6.07) is 0. The molecule has 0 saturated heterocycles. The third-order valence-corrected chi connectivity index (χ3v) is 13.2. The minimum Gasteiger partial charge on any atom is -0.462 e. The Bertz CT molecular complexity index is 1070. The van der Waals surface area contributed by atoms with E-state index < -0.39 is 6.10 Å². The molecule has 0 heterocycles. The molecule has 0 aliphatic rings. The molecule has 0 aromatic heterocycles. The van der Waals surface area contributed by atoms with Crippen molar-refractivity contribution < 1.29 is 28.6 Å². The number of allylic oxidation sites excluding steroid dienone is 4. The molecule has 1 unspecified atom stereocenters. The summed E-state index contributed by atoms with van der Waals surface area (Å²) in [6.45, 7) is 6.65. The minimum atomic E-state index is -0.765. The van der Waals surface area contributed by atoms with E-state index in [1.807, 2.05) is 0 Å². The third-order valence-electron chi connectivity index (χ3n) is 13.2. The van der Waals surface area contributed by atoms with E-state index in [0.717, 1.165) is 64.2 Å². The Labute approximate surface area is 411 Å². The SMILES string of the molecule is CCCCCCC/C=C\C/C=C\CCCCCCCCCCCCCC(=O)OCC(COC(=O)CCCCCCCCCC)OC(=O)CCCCCCCCCCCCCCCCCCC. The molecule has 0 fully saturated rings. The Hall–Kier alpha value is -2.11. The maximum absolute atomic E-state index is 12.8. The first-order valence-corrected chi connectivity index (χ1v) is 29.3. The zero-order chi connectivity index (χ0) is 47.9. The molecule has 0 amide bonds. The zero-order valence-electron chi connectivity index (χ0n) is 44.5. The van der Waals surface area contributed by atoms with Crippen LogP contribution in [0, 0.1) is 0 Å². The van der Waals surface area contributed by atoms with Crippen molar-refractivity contribution in [3.05, 3.63) is 24.3 Å². The van der Waals surface area contributed by atoms with Crippen LogP contribution in [0.15, 0.2) is 24.3 Å². The van der Waals surface area contributed by atoms with E-state index >= 15 is 0 Å². The number of rotatable bonds is 54. The maximum Gasteiger partial charge on any atom is 0.306 e. The highest BCUT2D eigenvalue weighted by Gasteiger charge is 2.19.